The number of carbonyl (C=O) groups is 2. The predicted molar refractivity (Wildman–Crippen MR) is 132 cm³/mol. The number of esters is 1. The molecule has 10 nitrogen and oxygen atoms in total. The van der Waals surface area contributed by atoms with Crippen LogP contribution in [0.4, 0.5) is 0 Å². The standard InChI is InChI=1S/C26H47NO9/c1-2-3-4-5-8-11-21(28)14-15-23-22(24(29)20-25(23)30)12-9-6-7-10-13-26(31)35-18-16-34-17-19-36-27(32)33/h6,9,22-25,29-30,32-33H,2-5,7-8,10-20H2,1H3/b9-6-/t22-,23-,24+,25-/m1/s1. The highest BCUT2D eigenvalue weighted by atomic mass is 17.1. The number of carbonyl (C=O) groups excluding carboxylic acids is 2. The molecule has 1 rings (SSSR count). The van der Waals surface area contributed by atoms with Gasteiger partial charge in [0.2, 0.25) is 0 Å². The average molecular weight is 518 g/mol. The lowest BCUT2D eigenvalue weighted by atomic mass is 9.86. The minimum Gasteiger partial charge on any atom is -0.463 e. The number of allylic oxidation sites excluding steroid dienone is 2. The van der Waals surface area contributed by atoms with Crippen LogP contribution in [0.15, 0.2) is 12.2 Å². The largest absolute Gasteiger partial charge is 0.463 e. The third kappa shape index (κ3) is 15.7. The molecule has 0 aromatic heterocycles. The zero-order valence-corrected chi connectivity index (χ0v) is 21.8. The molecule has 0 saturated heterocycles. The first kappa shape index (κ1) is 32.6. The highest BCUT2D eigenvalue weighted by Gasteiger charge is 2.40. The van der Waals surface area contributed by atoms with Crippen molar-refractivity contribution < 1.29 is 44.5 Å². The normalized spacial score (nSPS) is 22.1. The average Bonchev–Trinajstić information content (AvgIpc) is 3.10. The molecule has 1 aliphatic carbocycles. The molecular formula is C26H47NO9. The third-order valence-electron chi connectivity index (χ3n) is 6.59. The van der Waals surface area contributed by atoms with Crippen LogP contribution in [-0.2, 0) is 23.9 Å². The number of aliphatic hydroxyl groups is 2. The number of hydrogen-bond donors (Lipinski definition) is 4. The fourth-order valence-electron chi connectivity index (χ4n) is 4.59. The van der Waals surface area contributed by atoms with E-state index in [9.17, 15) is 19.8 Å². The van der Waals surface area contributed by atoms with Gasteiger partial charge in [0.15, 0.2) is 0 Å². The van der Waals surface area contributed by atoms with E-state index in [2.05, 4.69) is 11.8 Å². The number of hydrogen-bond acceptors (Lipinski definition) is 10. The molecule has 0 unspecified atom stereocenters. The first-order valence-corrected chi connectivity index (χ1v) is 13.4. The molecule has 0 aromatic rings. The van der Waals surface area contributed by atoms with Gasteiger partial charge in [0.1, 0.15) is 12.4 Å². The molecule has 0 heterocycles. The van der Waals surface area contributed by atoms with Crippen molar-refractivity contribution in [2.45, 2.75) is 103 Å². The molecule has 36 heavy (non-hydrogen) atoms. The summed E-state index contributed by atoms with van der Waals surface area (Å²) in [5.74, 6) is -0.184. The van der Waals surface area contributed by atoms with Crippen LogP contribution in [0.3, 0.4) is 0 Å². The molecule has 0 radical (unpaired) electrons. The van der Waals surface area contributed by atoms with Crippen LogP contribution in [0.5, 0.6) is 0 Å². The van der Waals surface area contributed by atoms with Gasteiger partial charge in [-0.25, -0.2) is 4.84 Å². The fraction of sp³-hybridized carbons (Fsp3) is 0.846. The maximum Gasteiger partial charge on any atom is 0.305 e. The lowest BCUT2D eigenvalue weighted by Gasteiger charge is -2.22. The van der Waals surface area contributed by atoms with E-state index in [4.69, 9.17) is 19.9 Å². The molecule has 0 aromatic carbocycles. The molecule has 4 atom stereocenters. The Balaban J connectivity index is 2.17. The van der Waals surface area contributed by atoms with Crippen molar-refractivity contribution in [2.75, 3.05) is 26.4 Å². The summed E-state index contributed by atoms with van der Waals surface area (Å²) >= 11 is 0. The first-order valence-electron chi connectivity index (χ1n) is 13.4. The summed E-state index contributed by atoms with van der Waals surface area (Å²) in [6, 6.07) is 0. The Kier molecular flexibility index (Phi) is 18.7. The topological polar surface area (TPSA) is 146 Å². The maximum atomic E-state index is 12.2. The molecule has 1 aliphatic rings. The predicted octanol–water partition coefficient (Wildman–Crippen LogP) is 3.74. The summed E-state index contributed by atoms with van der Waals surface area (Å²) in [7, 11) is 0. The Morgan fingerprint density at radius 3 is 2.33 bits per heavy atom. The van der Waals surface area contributed by atoms with E-state index in [1.54, 1.807) is 0 Å². The molecule has 0 amide bonds. The number of unbranched alkanes of at least 4 members (excludes halogenated alkanes) is 5. The van der Waals surface area contributed by atoms with Gasteiger partial charge >= 0.3 is 5.97 Å². The van der Waals surface area contributed by atoms with Crippen molar-refractivity contribution in [1.29, 1.82) is 0 Å². The van der Waals surface area contributed by atoms with Gasteiger partial charge in [0, 0.05) is 19.3 Å². The van der Waals surface area contributed by atoms with Crippen LogP contribution in [-0.4, -0.2) is 76.4 Å². The van der Waals surface area contributed by atoms with Gasteiger partial charge in [-0.1, -0.05) is 44.8 Å². The van der Waals surface area contributed by atoms with E-state index < -0.39 is 17.6 Å². The zero-order chi connectivity index (χ0) is 26.6. The molecule has 210 valence electrons. The van der Waals surface area contributed by atoms with Gasteiger partial charge in [-0.2, -0.15) is 0 Å². The Bertz CT molecular complexity index is 614. The number of Topliss-reactive ketones (excluding diaryl/α,β-unsaturated/α-hetero) is 1. The summed E-state index contributed by atoms with van der Waals surface area (Å²) < 4.78 is 10.2. The lowest BCUT2D eigenvalue weighted by molar-refractivity contribution is -0.493. The van der Waals surface area contributed by atoms with E-state index in [-0.39, 0.29) is 56.4 Å². The summed E-state index contributed by atoms with van der Waals surface area (Å²) in [6.45, 7) is 2.56. The first-order chi connectivity index (χ1) is 17.3. The Morgan fingerprint density at radius 2 is 1.58 bits per heavy atom. The van der Waals surface area contributed by atoms with E-state index in [1.807, 2.05) is 12.2 Å². The second-order valence-corrected chi connectivity index (χ2v) is 9.46. The highest BCUT2D eigenvalue weighted by molar-refractivity contribution is 5.78. The maximum absolute atomic E-state index is 12.2. The second kappa shape index (κ2) is 20.6. The summed E-state index contributed by atoms with van der Waals surface area (Å²) in [6.07, 6.45) is 12.8. The van der Waals surface area contributed by atoms with Gasteiger partial charge in [-0.3, -0.25) is 20.0 Å². The zero-order valence-electron chi connectivity index (χ0n) is 21.8. The van der Waals surface area contributed by atoms with Gasteiger partial charge in [-0.05, 0) is 50.4 Å². The Hall–Kier alpha value is -1.40. The Labute approximate surface area is 215 Å². The number of ketones is 1. The van der Waals surface area contributed by atoms with Crippen molar-refractivity contribution in [3.05, 3.63) is 12.2 Å². The minimum absolute atomic E-state index is 0.0395. The van der Waals surface area contributed by atoms with Crippen molar-refractivity contribution in [3.8, 4) is 0 Å². The van der Waals surface area contributed by atoms with Crippen LogP contribution in [0.2, 0.25) is 0 Å². The van der Waals surface area contributed by atoms with E-state index in [0.717, 1.165) is 12.8 Å². The second-order valence-electron chi connectivity index (χ2n) is 9.46. The SMILES string of the molecule is CCCCCCCC(=O)CC[C@@H]1[C@@H](C/C=C\CCCC(=O)OCCOCCON(O)O)[C@@H](O)C[C@H]1O. The monoisotopic (exact) mass is 517 g/mol. The molecule has 0 spiro atoms. The van der Waals surface area contributed by atoms with Crippen LogP contribution < -0.4 is 0 Å². The molecule has 0 aliphatic heterocycles. The van der Waals surface area contributed by atoms with Crippen molar-refractivity contribution >= 4 is 11.8 Å². The number of nitrogens with zero attached hydrogens (tertiary/aromatic N) is 1. The molecule has 10 heteroatoms. The smallest absolute Gasteiger partial charge is 0.305 e. The van der Waals surface area contributed by atoms with Crippen LogP contribution in [0, 0.1) is 11.8 Å². The van der Waals surface area contributed by atoms with Crippen LogP contribution in [0.25, 0.3) is 0 Å². The molecule has 1 fully saturated rings. The van der Waals surface area contributed by atoms with Gasteiger partial charge < -0.3 is 19.7 Å². The van der Waals surface area contributed by atoms with E-state index in [0.29, 0.717) is 44.9 Å². The van der Waals surface area contributed by atoms with Crippen molar-refractivity contribution in [3.63, 3.8) is 0 Å². The number of rotatable bonds is 22. The van der Waals surface area contributed by atoms with E-state index >= 15 is 0 Å². The minimum atomic E-state index is -0.568. The van der Waals surface area contributed by atoms with E-state index in [1.165, 1.54) is 19.3 Å². The number of ether oxygens (including phenoxy) is 2. The molecular weight excluding hydrogens is 470 g/mol. The van der Waals surface area contributed by atoms with Crippen molar-refractivity contribution in [2.24, 2.45) is 11.8 Å². The molecule has 1 saturated carbocycles. The highest BCUT2D eigenvalue weighted by Crippen LogP contribution is 2.38. The lowest BCUT2D eigenvalue weighted by Crippen LogP contribution is -2.22. The fourth-order valence-corrected chi connectivity index (χ4v) is 4.59. The van der Waals surface area contributed by atoms with Crippen LogP contribution in [0.1, 0.15) is 90.4 Å². The van der Waals surface area contributed by atoms with Gasteiger partial charge in [0.05, 0.1) is 37.4 Å². The van der Waals surface area contributed by atoms with Crippen LogP contribution >= 0.6 is 0 Å². The number of aliphatic hydroxyl groups excluding tert-OH is 2. The van der Waals surface area contributed by atoms with Gasteiger partial charge in [0.25, 0.3) is 0 Å². The van der Waals surface area contributed by atoms with Crippen molar-refractivity contribution in [1.82, 2.24) is 5.39 Å². The summed E-state index contributed by atoms with van der Waals surface area (Å²) in [5, 5.41) is 37.1. The summed E-state index contributed by atoms with van der Waals surface area (Å²) in [5.41, 5.74) is 0. The summed E-state index contributed by atoms with van der Waals surface area (Å²) in [4.78, 5) is 28.3. The Morgan fingerprint density at radius 1 is 0.861 bits per heavy atom. The quantitative estimate of drug-likeness (QED) is 0.0725. The van der Waals surface area contributed by atoms with Gasteiger partial charge in [-0.15, -0.1) is 0 Å². The molecule has 4 N–H and O–H groups in total. The third-order valence-corrected chi connectivity index (χ3v) is 6.59. The molecule has 0 bridgehead atoms.